The second-order valence-corrected chi connectivity index (χ2v) is 5.37. The van der Waals surface area contributed by atoms with Gasteiger partial charge >= 0.3 is 5.97 Å². The molecule has 0 spiro atoms. The molecule has 0 aliphatic carbocycles. The van der Waals surface area contributed by atoms with Crippen LogP contribution in [0.5, 0.6) is 0 Å². The maximum Gasteiger partial charge on any atom is 0.345 e. The van der Waals surface area contributed by atoms with Gasteiger partial charge in [-0.3, -0.25) is 14.9 Å². The molecule has 0 bridgehead atoms. The van der Waals surface area contributed by atoms with Gasteiger partial charge in [0.2, 0.25) is 0 Å². The minimum absolute atomic E-state index is 0.0213. The van der Waals surface area contributed by atoms with Crippen LogP contribution in [0.15, 0.2) is 18.2 Å². The van der Waals surface area contributed by atoms with Gasteiger partial charge in [-0.15, -0.1) is 0 Å². The lowest BCUT2D eigenvalue weighted by molar-refractivity contribution is -0.385. The Kier molecular flexibility index (Phi) is 5.89. The molecule has 1 aromatic rings. The summed E-state index contributed by atoms with van der Waals surface area (Å²) in [7, 11) is 0. The van der Waals surface area contributed by atoms with Crippen molar-refractivity contribution in [3.63, 3.8) is 0 Å². The number of amides is 1. The fourth-order valence-corrected chi connectivity index (χ4v) is 2.29. The number of nitrogens with zero attached hydrogens (tertiary/aromatic N) is 1. The lowest BCUT2D eigenvalue weighted by atomic mass is 10.2. The lowest BCUT2D eigenvalue weighted by Crippen LogP contribution is -2.34. The summed E-state index contributed by atoms with van der Waals surface area (Å²) in [5, 5.41) is 13.6. The number of ether oxygens (including phenoxy) is 2. The van der Waals surface area contributed by atoms with E-state index in [0.29, 0.717) is 13.2 Å². The third-order valence-electron chi connectivity index (χ3n) is 3.26. The van der Waals surface area contributed by atoms with Crippen LogP contribution >= 0.6 is 11.6 Å². The number of halogens is 1. The first-order chi connectivity index (χ1) is 11.0. The van der Waals surface area contributed by atoms with Crippen molar-refractivity contribution in [2.24, 2.45) is 0 Å². The number of carbonyl (C=O) groups is 2. The molecule has 2 rings (SSSR count). The van der Waals surface area contributed by atoms with E-state index in [1.165, 1.54) is 12.1 Å². The second kappa shape index (κ2) is 7.89. The Balaban J connectivity index is 1.86. The highest BCUT2D eigenvalue weighted by Gasteiger charge is 2.23. The van der Waals surface area contributed by atoms with Crippen molar-refractivity contribution >= 4 is 29.2 Å². The zero-order valence-corrected chi connectivity index (χ0v) is 12.9. The molecule has 1 heterocycles. The van der Waals surface area contributed by atoms with Gasteiger partial charge < -0.3 is 14.8 Å². The first-order valence-corrected chi connectivity index (χ1v) is 7.34. The molecule has 0 saturated carbocycles. The van der Waals surface area contributed by atoms with Gasteiger partial charge in [-0.25, -0.2) is 4.79 Å². The van der Waals surface area contributed by atoms with Crippen molar-refractivity contribution in [1.29, 1.82) is 0 Å². The van der Waals surface area contributed by atoms with E-state index < -0.39 is 29.1 Å². The Morgan fingerprint density at radius 1 is 1.48 bits per heavy atom. The van der Waals surface area contributed by atoms with Crippen molar-refractivity contribution in [3.05, 3.63) is 38.9 Å². The molecule has 0 aromatic heterocycles. The largest absolute Gasteiger partial charge is 0.452 e. The number of nitro benzene ring substituents is 1. The minimum atomic E-state index is -0.958. The van der Waals surface area contributed by atoms with E-state index in [4.69, 9.17) is 21.1 Å². The maximum absolute atomic E-state index is 11.9. The Labute approximate surface area is 136 Å². The van der Waals surface area contributed by atoms with Crippen LogP contribution in [0.25, 0.3) is 0 Å². The van der Waals surface area contributed by atoms with E-state index in [0.717, 1.165) is 18.9 Å². The van der Waals surface area contributed by atoms with Crippen molar-refractivity contribution in [2.75, 3.05) is 19.8 Å². The molecule has 1 fully saturated rings. The highest BCUT2D eigenvalue weighted by molar-refractivity contribution is 6.31. The Morgan fingerprint density at radius 2 is 2.26 bits per heavy atom. The van der Waals surface area contributed by atoms with Gasteiger partial charge in [0, 0.05) is 24.2 Å². The lowest BCUT2D eigenvalue weighted by Gasteiger charge is -2.11. The van der Waals surface area contributed by atoms with Crippen LogP contribution in [-0.4, -0.2) is 42.7 Å². The number of benzene rings is 1. The molecular formula is C14H15ClN2O6. The van der Waals surface area contributed by atoms with E-state index in [1.54, 1.807) is 0 Å². The number of rotatable bonds is 6. The fraction of sp³-hybridized carbons (Fsp3) is 0.429. The molecule has 1 aliphatic rings. The quantitative estimate of drug-likeness (QED) is 0.479. The Hall–Kier alpha value is -2.19. The summed E-state index contributed by atoms with van der Waals surface area (Å²) < 4.78 is 10.1. The summed E-state index contributed by atoms with van der Waals surface area (Å²) in [6.45, 7) is 0.499. The van der Waals surface area contributed by atoms with Crippen molar-refractivity contribution < 1.29 is 24.0 Å². The number of hydrogen-bond acceptors (Lipinski definition) is 6. The Morgan fingerprint density at radius 3 is 2.91 bits per heavy atom. The van der Waals surface area contributed by atoms with Crippen LogP contribution in [0.2, 0.25) is 5.02 Å². The maximum atomic E-state index is 11.9. The van der Waals surface area contributed by atoms with Crippen molar-refractivity contribution in [1.82, 2.24) is 5.32 Å². The van der Waals surface area contributed by atoms with Crippen LogP contribution in [-0.2, 0) is 14.3 Å². The summed E-state index contributed by atoms with van der Waals surface area (Å²) >= 11 is 5.66. The molecular weight excluding hydrogens is 328 g/mol. The molecule has 1 saturated heterocycles. The van der Waals surface area contributed by atoms with Gasteiger partial charge in [0.15, 0.2) is 6.61 Å². The average molecular weight is 343 g/mol. The van der Waals surface area contributed by atoms with Crippen LogP contribution in [0.4, 0.5) is 5.69 Å². The van der Waals surface area contributed by atoms with Crippen LogP contribution in [0.3, 0.4) is 0 Å². The molecule has 124 valence electrons. The fourth-order valence-electron chi connectivity index (χ4n) is 2.12. The first kappa shape index (κ1) is 17.2. The molecule has 0 radical (unpaired) electrons. The van der Waals surface area contributed by atoms with Crippen LogP contribution < -0.4 is 5.32 Å². The third kappa shape index (κ3) is 4.90. The van der Waals surface area contributed by atoms with E-state index in [1.807, 2.05) is 0 Å². The highest BCUT2D eigenvalue weighted by atomic mass is 35.5. The monoisotopic (exact) mass is 342 g/mol. The standard InChI is InChI=1S/C14H15ClN2O6/c15-9-3-4-11(12(6-9)17(20)21)14(19)23-8-13(18)16-7-10-2-1-5-22-10/h3-4,6,10H,1-2,5,7-8H2,(H,16,18)/t10-/m1/s1. The molecule has 1 aliphatic heterocycles. The van der Waals surface area contributed by atoms with Gasteiger partial charge in [0.1, 0.15) is 5.56 Å². The minimum Gasteiger partial charge on any atom is -0.452 e. The predicted octanol–water partition coefficient (Wildman–Crippen LogP) is 1.70. The molecule has 23 heavy (non-hydrogen) atoms. The van der Waals surface area contributed by atoms with Crippen LogP contribution in [0, 0.1) is 10.1 Å². The zero-order chi connectivity index (χ0) is 16.8. The molecule has 8 nitrogen and oxygen atoms in total. The summed E-state index contributed by atoms with van der Waals surface area (Å²) in [5.41, 5.74) is -0.728. The summed E-state index contributed by atoms with van der Waals surface area (Å²) in [6, 6.07) is 3.57. The molecule has 9 heteroatoms. The van der Waals surface area contributed by atoms with E-state index in [9.17, 15) is 19.7 Å². The van der Waals surface area contributed by atoms with Crippen LogP contribution in [0.1, 0.15) is 23.2 Å². The van der Waals surface area contributed by atoms with E-state index >= 15 is 0 Å². The summed E-state index contributed by atoms with van der Waals surface area (Å²) in [4.78, 5) is 33.7. The smallest absolute Gasteiger partial charge is 0.345 e. The molecule has 1 N–H and O–H groups in total. The number of carbonyl (C=O) groups excluding carboxylic acids is 2. The molecule has 1 aromatic carbocycles. The summed E-state index contributed by atoms with van der Waals surface area (Å²) in [5.74, 6) is -1.45. The average Bonchev–Trinajstić information content (AvgIpc) is 3.03. The van der Waals surface area contributed by atoms with Gasteiger partial charge in [0.05, 0.1) is 11.0 Å². The number of nitrogens with one attached hydrogen (secondary N) is 1. The Bertz CT molecular complexity index is 615. The topological polar surface area (TPSA) is 108 Å². The second-order valence-electron chi connectivity index (χ2n) is 4.93. The number of esters is 1. The molecule has 0 unspecified atom stereocenters. The summed E-state index contributed by atoms with van der Waals surface area (Å²) in [6.07, 6.45) is 1.80. The van der Waals surface area contributed by atoms with Gasteiger partial charge in [-0.1, -0.05) is 11.6 Å². The van der Waals surface area contributed by atoms with E-state index in [-0.39, 0.29) is 16.7 Å². The third-order valence-corrected chi connectivity index (χ3v) is 3.50. The number of hydrogen-bond donors (Lipinski definition) is 1. The first-order valence-electron chi connectivity index (χ1n) is 6.96. The molecule has 1 amide bonds. The highest BCUT2D eigenvalue weighted by Crippen LogP contribution is 2.23. The molecule has 1 atom stereocenters. The van der Waals surface area contributed by atoms with Gasteiger partial charge in [-0.2, -0.15) is 0 Å². The predicted molar refractivity (Wildman–Crippen MR) is 80.4 cm³/mol. The van der Waals surface area contributed by atoms with Gasteiger partial charge in [-0.05, 0) is 25.0 Å². The van der Waals surface area contributed by atoms with Gasteiger partial charge in [0.25, 0.3) is 11.6 Å². The van der Waals surface area contributed by atoms with Crippen molar-refractivity contribution in [3.8, 4) is 0 Å². The normalized spacial score (nSPS) is 16.8. The number of nitro groups is 1. The zero-order valence-electron chi connectivity index (χ0n) is 12.1. The SMILES string of the molecule is O=C(COC(=O)c1ccc(Cl)cc1[N+](=O)[O-])NC[C@H]1CCCO1. The van der Waals surface area contributed by atoms with E-state index in [2.05, 4.69) is 5.32 Å². The van der Waals surface area contributed by atoms with Crippen molar-refractivity contribution in [2.45, 2.75) is 18.9 Å².